The largest absolute Gasteiger partial charge is 0.462 e. The van der Waals surface area contributed by atoms with Crippen LogP contribution in [0.3, 0.4) is 0 Å². The molecule has 0 aromatic carbocycles. The first-order chi connectivity index (χ1) is 21.9. The number of hydroxylamine groups is 4. The molecule has 2 aliphatic heterocycles. The maximum Gasteiger partial charge on any atom is 0.306 e. The highest BCUT2D eigenvalue weighted by molar-refractivity contribution is 5.69. The second kappa shape index (κ2) is 21.1. The van der Waals surface area contributed by atoms with E-state index in [0.717, 1.165) is 12.8 Å². The average Bonchev–Trinajstić information content (AvgIpc) is 2.96. The Bertz CT molecular complexity index is 851. The van der Waals surface area contributed by atoms with Crippen molar-refractivity contribution in [3.63, 3.8) is 0 Å². The van der Waals surface area contributed by atoms with Crippen molar-refractivity contribution >= 4 is 11.9 Å². The number of hydrogen-bond donors (Lipinski definition) is 2. The Balaban J connectivity index is 0.000000577. The number of unbranched alkanes of at least 4 members (excludes halogenated alkanes) is 14. The fourth-order valence-electron chi connectivity index (χ4n) is 7.68. The van der Waals surface area contributed by atoms with E-state index in [2.05, 4.69) is 6.92 Å². The van der Waals surface area contributed by atoms with Crippen molar-refractivity contribution in [3.05, 3.63) is 0 Å². The van der Waals surface area contributed by atoms with Crippen molar-refractivity contribution in [2.45, 2.75) is 238 Å². The number of piperidine rings is 2. The summed E-state index contributed by atoms with van der Waals surface area (Å²) in [7, 11) is 0. The number of ether oxygens (including phenoxy) is 2. The quantitative estimate of drug-likeness (QED) is 0.104. The summed E-state index contributed by atoms with van der Waals surface area (Å²) in [6, 6.07) is 0. The van der Waals surface area contributed by atoms with E-state index in [9.17, 15) is 20.0 Å². The molecule has 2 heterocycles. The van der Waals surface area contributed by atoms with Gasteiger partial charge in [-0.1, -0.05) is 104 Å². The predicted molar refractivity (Wildman–Crippen MR) is 192 cm³/mol. The third-order valence-corrected chi connectivity index (χ3v) is 10.1. The Labute approximate surface area is 289 Å². The van der Waals surface area contributed by atoms with E-state index in [1.807, 2.05) is 55.4 Å². The van der Waals surface area contributed by atoms with Gasteiger partial charge in [-0.2, -0.15) is 10.1 Å². The number of hydrogen-bond acceptors (Lipinski definition) is 8. The van der Waals surface area contributed by atoms with Gasteiger partial charge >= 0.3 is 11.9 Å². The lowest BCUT2D eigenvalue weighted by molar-refractivity contribution is -0.259. The molecule has 0 bridgehead atoms. The molecule has 0 radical (unpaired) electrons. The molecular weight excluding hydrogens is 592 g/mol. The summed E-state index contributed by atoms with van der Waals surface area (Å²) in [5.41, 5.74) is -1.47. The molecule has 0 aromatic rings. The van der Waals surface area contributed by atoms with E-state index in [0.29, 0.717) is 38.5 Å². The second-order valence-corrected chi connectivity index (χ2v) is 17.0. The van der Waals surface area contributed by atoms with Crippen molar-refractivity contribution in [2.75, 3.05) is 0 Å². The Hall–Kier alpha value is -1.22. The molecular formula is C39H76N2O6. The minimum absolute atomic E-state index is 0.0716. The smallest absolute Gasteiger partial charge is 0.306 e. The zero-order valence-electron chi connectivity index (χ0n) is 32.4. The van der Waals surface area contributed by atoms with Gasteiger partial charge in [-0.3, -0.25) is 9.59 Å². The van der Waals surface area contributed by atoms with Crippen LogP contribution in [0.1, 0.15) is 204 Å². The molecule has 0 amide bonds. The predicted octanol–water partition coefficient (Wildman–Crippen LogP) is 10.6. The first-order valence-corrected chi connectivity index (χ1v) is 19.3. The number of esters is 2. The second-order valence-electron chi connectivity index (χ2n) is 17.0. The molecule has 2 saturated heterocycles. The summed E-state index contributed by atoms with van der Waals surface area (Å²) >= 11 is 0. The fourth-order valence-corrected chi connectivity index (χ4v) is 7.68. The van der Waals surface area contributed by atoms with Crippen LogP contribution < -0.4 is 0 Å². The maximum atomic E-state index is 12.3. The van der Waals surface area contributed by atoms with E-state index in [1.165, 1.54) is 93.6 Å². The van der Waals surface area contributed by atoms with Crippen LogP contribution in [-0.4, -0.2) is 66.8 Å². The average molecular weight is 669 g/mol. The van der Waals surface area contributed by atoms with Crippen LogP contribution in [0.15, 0.2) is 0 Å². The van der Waals surface area contributed by atoms with Gasteiger partial charge in [0.25, 0.3) is 0 Å². The minimum Gasteiger partial charge on any atom is -0.462 e. The van der Waals surface area contributed by atoms with Gasteiger partial charge in [0, 0.05) is 60.7 Å². The third kappa shape index (κ3) is 16.8. The minimum atomic E-state index is -0.374. The van der Waals surface area contributed by atoms with Gasteiger partial charge in [0.2, 0.25) is 0 Å². The van der Waals surface area contributed by atoms with Crippen LogP contribution in [-0.2, 0) is 19.1 Å². The Morgan fingerprint density at radius 3 is 1.09 bits per heavy atom. The lowest BCUT2D eigenvalue weighted by atomic mass is 9.80. The molecule has 2 fully saturated rings. The highest BCUT2D eigenvalue weighted by atomic mass is 16.6. The zero-order valence-corrected chi connectivity index (χ0v) is 32.4. The molecule has 0 spiro atoms. The molecule has 0 atom stereocenters. The third-order valence-electron chi connectivity index (χ3n) is 10.1. The Kier molecular flexibility index (Phi) is 19.7. The van der Waals surface area contributed by atoms with Crippen LogP contribution in [0.5, 0.6) is 0 Å². The summed E-state index contributed by atoms with van der Waals surface area (Å²) in [6.07, 6.45) is 23.4. The maximum absolute atomic E-state index is 12.3. The van der Waals surface area contributed by atoms with Gasteiger partial charge in [0.05, 0.1) is 0 Å². The summed E-state index contributed by atoms with van der Waals surface area (Å²) in [5, 5.41) is 23.2. The van der Waals surface area contributed by atoms with Gasteiger partial charge in [-0.25, -0.2) is 0 Å². The van der Waals surface area contributed by atoms with Gasteiger partial charge in [0.15, 0.2) is 0 Å². The molecule has 8 heteroatoms. The van der Waals surface area contributed by atoms with Crippen molar-refractivity contribution in [2.24, 2.45) is 0 Å². The molecule has 2 rings (SSSR count). The molecule has 2 aliphatic rings. The van der Waals surface area contributed by atoms with Gasteiger partial charge in [-0.15, -0.1) is 0 Å². The first-order valence-electron chi connectivity index (χ1n) is 19.3. The lowest BCUT2D eigenvalue weighted by Crippen LogP contribution is -2.60. The van der Waals surface area contributed by atoms with Crippen LogP contribution in [0.25, 0.3) is 0 Å². The molecule has 47 heavy (non-hydrogen) atoms. The molecule has 8 nitrogen and oxygen atoms in total. The van der Waals surface area contributed by atoms with Crippen molar-refractivity contribution < 1.29 is 29.5 Å². The molecule has 0 aromatic heterocycles. The number of carbonyl (C=O) groups is 2. The first kappa shape index (κ1) is 43.8. The normalized spacial score (nSPS) is 21.1. The number of carbonyl (C=O) groups excluding carboxylic acids is 2. The lowest BCUT2D eigenvalue weighted by Gasteiger charge is -2.50. The van der Waals surface area contributed by atoms with Gasteiger partial charge in [0.1, 0.15) is 12.2 Å². The molecule has 0 saturated carbocycles. The molecule has 278 valence electrons. The monoisotopic (exact) mass is 669 g/mol. The van der Waals surface area contributed by atoms with Crippen LogP contribution >= 0.6 is 0 Å². The fraction of sp³-hybridized carbons (Fsp3) is 0.949. The summed E-state index contributed by atoms with van der Waals surface area (Å²) in [4.78, 5) is 23.5. The van der Waals surface area contributed by atoms with Gasteiger partial charge in [-0.05, 0) is 61.8 Å². The van der Waals surface area contributed by atoms with Crippen LogP contribution in [0.4, 0.5) is 0 Å². The summed E-state index contributed by atoms with van der Waals surface area (Å²) < 4.78 is 11.1. The van der Waals surface area contributed by atoms with Crippen molar-refractivity contribution in [1.29, 1.82) is 0 Å². The number of nitrogens with zero attached hydrogens (tertiary/aromatic N) is 2. The highest BCUT2D eigenvalue weighted by Gasteiger charge is 2.47. The van der Waals surface area contributed by atoms with E-state index in [4.69, 9.17) is 9.47 Å². The van der Waals surface area contributed by atoms with Gasteiger partial charge < -0.3 is 19.9 Å². The van der Waals surface area contributed by atoms with E-state index in [1.54, 1.807) is 6.92 Å². The van der Waals surface area contributed by atoms with E-state index < -0.39 is 0 Å². The van der Waals surface area contributed by atoms with Crippen molar-refractivity contribution in [3.8, 4) is 0 Å². The Morgan fingerprint density at radius 1 is 0.511 bits per heavy atom. The molecule has 0 unspecified atom stereocenters. The molecule has 0 aliphatic carbocycles. The molecule has 2 N–H and O–H groups in total. The van der Waals surface area contributed by atoms with Crippen LogP contribution in [0, 0.1) is 0 Å². The highest BCUT2D eigenvalue weighted by Crippen LogP contribution is 2.39. The van der Waals surface area contributed by atoms with E-state index >= 15 is 0 Å². The van der Waals surface area contributed by atoms with E-state index in [-0.39, 0.29) is 46.3 Å². The number of rotatable bonds is 19. The SMILES string of the molecule is CCC(=O)OC1CC(C)(C)N(O)C(C)(C)C1.CCCCCCCCCCCCCCCCCC(=O)OC1CC(C)(C)N(O)C(C)(C)C1. The summed E-state index contributed by atoms with van der Waals surface area (Å²) in [5.74, 6) is -0.235. The van der Waals surface area contributed by atoms with Crippen LogP contribution in [0.2, 0.25) is 0 Å². The van der Waals surface area contributed by atoms with Crippen molar-refractivity contribution in [1.82, 2.24) is 10.1 Å². The standard InChI is InChI=1S/C27H53NO3.C12H23NO3/c1-6-7-8-9-10-11-12-13-14-15-16-17-18-19-20-21-25(29)31-24-22-26(2,3)28(30)27(4,5)23-24;1-6-10(14)16-9-7-11(2,3)13(15)12(4,5)8-9/h24,30H,6-23H2,1-5H3;9,15H,6-8H2,1-5H3. The topological polar surface area (TPSA) is 99.5 Å². The zero-order chi connectivity index (χ0) is 35.7. The summed E-state index contributed by atoms with van der Waals surface area (Å²) in [6.45, 7) is 19.9. The Morgan fingerprint density at radius 2 is 0.787 bits per heavy atom.